The van der Waals surface area contributed by atoms with Crippen molar-refractivity contribution in [1.29, 1.82) is 0 Å². The number of fused-ring (bicyclic) bond motifs is 3. The van der Waals surface area contributed by atoms with Gasteiger partial charge in [0.1, 0.15) is 11.5 Å². The number of benzene rings is 8. The van der Waals surface area contributed by atoms with Crippen LogP contribution < -0.4 is 0 Å². The van der Waals surface area contributed by atoms with E-state index in [0.29, 0.717) is 24.5 Å². The fourth-order valence-electron chi connectivity index (χ4n) is 8.23. The van der Waals surface area contributed by atoms with E-state index in [0.717, 1.165) is 92.0 Å². The van der Waals surface area contributed by atoms with Crippen LogP contribution in [0.5, 0.6) is 11.5 Å². The maximum absolute atomic E-state index is 12.0. The summed E-state index contributed by atoms with van der Waals surface area (Å²) in [4.78, 5) is 4.58. The molecule has 2 N–H and O–H groups in total. The average molecular weight is 1020 g/mol. The molecule has 0 unspecified atom stereocenters. The predicted octanol–water partition coefficient (Wildman–Crippen LogP) is 13.5. The van der Waals surface area contributed by atoms with Crippen molar-refractivity contribution >= 4 is 21.8 Å². The third-order valence-electron chi connectivity index (χ3n) is 11.4. The molecular weight excluding hydrogens is 961 g/mol. The number of phenolic OH excluding ortho intramolecular Hbond substituents is 2. The Balaban J connectivity index is 0.000000397. The van der Waals surface area contributed by atoms with Gasteiger partial charge in [-0.3, -0.25) is 4.90 Å². The van der Waals surface area contributed by atoms with E-state index in [4.69, 9.17) is 0 Å². The molecule has 1 heterocycles. The number of aromatic hydroxyl groups is 2. The van der Waals surface area contributed by atoms with E-state index < -0.39 is 0 Å². The molecule has 0 spiro atoms. The standard InChI is InChI=1S/C45H45N3O2.2C7H7.Hf/c1-31-26-34(44(49)40(28-31)37-17-9-8-16-36(37)33-14-6-5-7-15-33)22-23-47(25-24-46(3)4)30-35-27-32(2)29-43(45(35)50)48-41-20-12-10-18-38(41)39-19-11-13-21-42(39)48;2*1-7-5-3-2-4-6-7;/h5-21,26-29,49-50H,22-25,30H2,1-4H3;2*2-6H,1H2;/q;2*-1;+4. The maximum Gasteiger partial charge on any atom is 4.00 e. The molecule has 8 aromatic carbocycles. The molecule has 324 valence electrons. The van der Waals surface area contributed by atoms with Crippen LogP contribution in [-0.2, 0) is 38.8 Å². The fourth-order valence-corrected chi connectivity index (χ4v) is 8.23. The van der Waals surface area contributed by atoms with Gasteiger partial charge in [0.15, 0.2) is 0 Å². The quantitative estimate of drug-likeness (QED) is 0.100. The van der Waals surface area contributed by atoms with Gasteiger partial charge in [0, 0.05) is 48.1 Å². The molecule has 0 amide bonds. The zero-order valence-corrected chi connectivity index (χ0v) is 41.7. The van der Waals surface area contributed by atoms with Gasteiger partial charge in [-0.2, -0.15) is 49.2 Å². The molecule has 6 heteroatoms. The first-order valence-corrected chi connectivity index (χ1v) is 22.0. The van der Waals surface area contributed by atoms with E-state index >= 15 is 0 Å². The van der Waals surface area contributed by atoms with Crippen LogP contribution in [0.15, 0.2) is 188 Å². The van der Waals surface area contributed by atoms with Gasteiger partial charge >= 0.3 is 25.8 Å². The topological polar surface area (TPSA) is 51.9 Å². The Bertz CT molecular complexity index is 2820. The summed E-state index contributed by atoms with van der Waals surface area (Å²) in [6.45, 7) is 14.6. The Kier molecular flexibility index (Phi) is 17.1. The summed E-state index contributed by atoms with van der Waals surface area (Å²) in [6, 6.07) is 63.6. The largest absolute Gasteiger partial charge is 4.00 e. The van der Waals surface area contributed by atoms with E-state index in [-0.39, 0.29) is 25.8 Å². The second-order valence-electron chi connectivity index (χ2n) is 16.7. The van der Waals surface area contributed by atoms with Crippen LogP contribution in [0.2, 0.25) is 0 Å². The van der Waals surface area contributed by atoms with Gasteiger partial charge in [0.05, 0.1) is 16.7 Å². The maximum atomic E-state index is 12.0. The first kappa shape index (κ1) is 48.2. The van der Waals surface area contributed by atoms with Gasteiger partial charge in [0.2, 0.25) is 0 Å². The number of hydrogen-bond donors (Lipinski definition) is 2. The third kappa shape index (κ3) is 12.3. The molecule has 0 aliphatic carbocycles. The molecule has 9 rings (SSSR count). The number of hydrogen-bond acceptors (Lipinski definition) is 4. The Morgan fingerprint density at radius 2 is 0.954 bits per heavy atom. The minimum Gasteiger partial charge on any atom is -0.507 e. The third-order valence-corrected chi connectivity index (χ3v) is 11.4. The van der Waals surface area contributed by atoms with Gasteiger partial charge in [-0.15, -0.1) is 24.3 Å². The van der Waals surface area contributed by atoms with E-state index in [1.165, 1.54) is 10.8 Å². The monoisotopic (exact) mass is 1020 g/mol. The van der Waals surface area contributed by atoms with E-state index in [1.54, 1.807) is 0 Å². The molecule has 65 heavy (non-hydrogen) atoms. The molecule has 0 aliphatic heterocycles. The normalized spacial score (nSPS) is 10.9. The summed E-state index contributed by atoms with van der Waals surface area (Å²) in [5.74, 6) is 0.633. The van der Waals surface area contributed by atoms with Gasteiger partial charge < -0.3 is 19.7 Å². The molecule has 0 atom stereocenters. The van der Waals surface area contributed by atoms with Crippen LogP contribution in [0.1, 0.15) is 33.4 Å². The summed E-state index contributed by atoms with van der Waals surface area (Å²) in [7, 11) is 4.18. The van der Waals surface area contributed by atoms with Crippen molar-refractivity contribution in [3.8, 4) is 39.4 Å². The number of nitrogens with zero attached hydrogens (tertiary/aromatic N) is 3. The van der Waals surface area contributed by atoms with Crippen LogP contribution in [-0.4, -0.2) is 58.3 Å². The zero-order chi connectivity index (χ0) is 45.0. The number of likely N-dealkylation sites (N-methyl/N-ethyl adjacent to an activating group) is 1. The summed E-state index contributed by atoms with van der Waals surface area (Å²) in [5, 5.41) is 26.1. The number of para-hydroxylation sites is 2. The van der Waals surface area contributed by atoms with Crippen LogP contribution in [0.3, 0.4) is 0 Å². The van der Waals surface area contributed by atoms with Gasteiger partial charge in [-0.25, -0.2) is 0 Å². The Hall–Kier alpha value is -6.31. The Labute approximate surface area is 405 Å². The average Bonchev–Trinajstić information content (AvgIpc) is 3.64. The number of aromatic nitrogens is 1. The molecule has 5 nitrogen and oxygen atoms in total. The molecule has 0 bridgehead atoms. The van der Waals surface area contributed by atoms with Crippen molar-refractivity contribution in [3.05, 3.63) is 235 Å². The van der Waals surface area contributed by atoms with Crippen LogP contribution >= 0.6 is 0 Å². The molecule has 9 aromatic rings. The smallest absolute Gasteiger partial charge is 0.507 e. The van der Waals surface area contributed by atoms with Crippen molar-refractivity contribution in [1.82, 2.24) is 14.4 Å². The van der Waals surface area contributed by atoms with Gasteiger partial charge in [-0.1, -0.05) is 115 Å². The second kappa shape index (κ2) is 23.0. The zero-order valence-electron chi connectivity index (χ0n) is 38.1. The number of aryl methyl sites for hydroxylation is 2. The molecule has 0 saturated carbocycles. The molecule has 0 radical (unpaired) electrons. The van der Waals surface area contributed by atoms with Gasteiger partial charge in [0.25, 0.3) is 0 Å². The molecule has 0 fully saturated rings. The van der Waals surface area contributed by atoms with Crippen molar-refractivity contribution in [3.63, 3.8) is 0 Å². The minimum absolute atomic E-state index is 0. The summed E-state index contributed by atoms with van der Waals surface area (Å²) in [5.41, 5.74) is 13.2. The fraction of sp³-hybridized carbons (Fsp3) is 0.153. The Morgan fingerprint density at radius 3 is 1.49 bits per heavy atom. The van der Waals surface area contributed by atoms with E-state index in [2.05, 4.69) is 159 Å². The first-order valence-electron chi connectivity index (χ1n) is 22.0. The van der Waals surface area contributed by atoms with Crippen LogP contribution in [0.4, 0.5) is 0 Å². The van der Waals surface area contributed by atoms with Crippen molar-refractivity contribution in [2.24, 2.45) is 0 Å². The molecular formula is C59H59HfN3O2+2. The second-order valence-corrected chi connectivity index (χ2v) is 16.7. The number of rotatable bonds is 11. The molecule has 0 aliphatic rings. The van der Waals surface area contributed by atoms with Crippen molar-refractivity contribution < 1.29 is 36.1 Å². The van der Waals surface area contributed by atoms with Crippen molar-refractivity contribution in [2.75, 3.05) is 33.7 Å². The van der Waals surface area contributed by atoms with Crippen molar-refractivity contribution in [2.45, 2.75) is 26.8 Å². The van der Waals surface area contributed by atoms with E-state index in [9.17, 15) is 10.2 Å². The van der Waals surface area contributed by atoms with E-state index in [1.807, 2.05) is 84.9 Å². The van der Waals surface area contributed by atoms with Crippen LogP contribution in [0.25, 0.3) is 49.7 Å². The summed E-state index contributed by atoms with van der Waals surface area (Å²) in [6.07, 6.45) is 0.674. The Morgan fingerprint density at radius 1 is 0.477 bits per heavy atom. The molecule has 0 saturated heterocycles. The molecule has 1 aromatic heterocycles. The number of phenols is 2. The first-order chi connectivity index (χ1) is 31.1. The predicted molar refractivity (Wildman–Crippen MR) is 270 cm³/mol. The SMILES string of the molecule is Cc1cc(CCN(CCN(C)C)Cc2cc(C)cc(-n3c4ccccc4c4ccccc43)c2O)c(O)c(-c2ccccc2-c2ccccc2)c1.[CH2-]c1ccccc1.[CH2-]c1ccccc1.[Hf+4]. The van der Waals surface area contributed by atoms with Crippen LogP contribution in [0, 0.1) is 27.7 Å². The summed E-state index contributed by atoms with van der Waals surface area (Å²) >= 11 is 0. The van der Waals surface area contributed by atoms with Gasteiger partial charge in [-0.05, 0) is 92.0 Å². The summed E-state index contributed by atoms with van der Waals surface area (Å²) < 4.78 is 2.19. The minimum atomic E-state index is 0.